The van der Waals surface area contributed by atoms with Crippen LogP contribution in [0.4, 0.5) is 11.5 Å². The van der Waals surface area contributed by atoms with E-state index in [1.54, 1.807) is 24.4 Å². The first-order valence-corrected chi connectivity index (χ1v) is 11.6. The number of piperidine rings is 2. The Labute approximate surface area is 194 Å². The van der Waals surface area contributed by atoms with Gasteiger partial charge >= 0.3 is 0 Å². The molecule has 2 saturated heterocycles. The van der Waals surface area contributed by atoms with Gasteiger partial charge in [0.15, 0.2) is 0 Å². The van der Waals surface area contributed by atoms with E-state index in [0.717, 1.165) is 50.9 Å². The van der Waals surface area contributed by atoms with Crippen molar-refractivity contribution in [3.63, 3.8) is 0 Å². The standard InChI is InChI=1S/C24H31ClN6O/c25-19-1-2-21(26)20(14-19)23(28)17-6-11-31(12-7-17)24(32)18-4-9-30(10-5-18)15-16-3-8-29-22(27)13-16/h1-3,8,13-14,17-18,28H,4-7,9-12,15,26H2,(H2,27,29). The zero-order valence-electron chi connectivity index (χ0n) is 18.3. The molecule has 1 amide bonds. The summed E-state index contributed by atoms with van der Waals surface area (Å²) in [5.74, 6) is 1.01. The van der Waals surface area contributed by atoms with Gasteiger partial charge < -0.3 is 21.8 Å². The summed E-state index contributed by atoms with van der Waals surface area (Å²) in [6, 6.07) is 9.17. The van der Waals surface area contributed by atoms with Crippen LogP contribution in [0.1, 0.15) is 36.8 Å². The van der Waals surface area contributed by atoms with Crippen LogP contribution in [0.15, 0.2) is 36.5 Å². The number of anilines is 2. The number of nitrogens with one attached hydrogen (secondary N) is 1. The van der Waals surface area contributed by atoms with E-state index in [1.807, 2.05) is 17.0 Å². The molecule has 32 heavy (non-hydrogen) atoms. The molecule has 0 spiro atoms. The Hall–Kier alpha value is -2.64. The molecule has 0 saturated carbocycles. The van der Waals surface area contributed by atoms with Crippen LogP contribution < -0.4 is 11.5 Å². The minimum Gasteiger partial charge on any atom is -0.398 e. The van der Waals surface area contributed by atoms with Crippen LogP contribution in [0, 0.1) is 17.2 Å². The van der Waals surface area contributed by atoms with Crippen molar-refractivity contribution in [3.8, 4) is 0 Å². The maximum Gasteiger partial charge on any atom is 0.225 e. The normalized spacial score (nSPS) is 18.6. The van der Waals surface area contributed by atoms with Gasteiger partial charge in [0.2, 0.25) is 5.91 Å². The first-order valence-electron chi connectivity index (χ1n) is 11.3. The SMILES string of the molecule is N=C(c1cc(Cl)ccc1N)C1CCN(C(=O)C2CCN(Cc3ccnc(N)c3)CC2)CC1. The number of carbonyl (C=O) groups is 1. The van der Waals surface area contributed by atoms with Gasteiger partial charge in [-0.3, -0.25) is 9.69 Å². The zero-order valence-corrected chi connectivity index (χ0v) is 19.0. The first-order chi connectivity index (χ1) is 15.4. The van der Waals surface area contributed by atoms with Crippen LogP contribution in [0.5, 0.6) is 0 Å². The second-order valence-corrected chi connectivity index (χ2v) is 9.32. The van der Waals surface area contributed by atoms with E-state index in [1.165, 1.54) is 0 Å². The van der Waals surface area contributed by atoms with Gasteiger partial charge in [0.1, 0.15) is 5.82 Å². The number of hydrogen-bond acceptors (Lipinski definition) is 6. The van der Waals surface area contributed by atoms with Crippen molar-refractivity contribution < 1.29 is 4.79 Å². The van der Waals surface area contributed by atoms with Crippen LogP contribution in [-0.2, 0) is 11.3 Å². The number of rotatable bonds is 5. The summed E-state index contributed by atoms with van der Waals surface area (Å²) in [4.78, 5) is 21.5. The van der Waals surface area contributed by atoms with Crippen LogP contribution in [0.3, 0.4) is 0 Å². The van der Waals surface area contributed by atoms with Crippen LogP contribution in [0.2, 0.25) is 5.02 Å². The quantitative estimate of drug-likeness (QED) is 0.473. The van der Waals surface area contributed by atoms with E-state index in [-0.39, 0.29) is 17.7 Å². The lowest BCUT2D eigenvalue weighted by Gasteiger charge is -2.37. The number of nitrogens with zero attached hydrogens (tertiary/aromatic N) is 3. The molecule has 2 aliphatic rings. The van der Waals surface area contributed by atoms with E-state index in [2.05, 4.69) is 9.88 Å². The molecule has 0 unspecified atom stereocenters. The third kappa shape index (κ3) is 5.22. The van der Waals surface area contributed by atoms with Crippen molar-refractivity contribution in [2.24, 2.45) is 11.8 Å². The lowest BCUT2D eigenvalue weighted by molar-refractivity contribution is -0.138. The van der Waals surface area contributed by atoms with Crippen LogP contribution in [0.25, 0.3) is 0 Å². The maximum atomic E-state index is 13.1. The molecule has 0 atom stereocenters. The van der Waals surface area contributed by atoms with E-state index in [0.29, 0.717) is 40.9 Å². The molecule has 1 aromatic carbocycles. The largest absolute Gasteiger partial charge is 0.398 e. The van der Waals surface area contributed by atoms with Gasteiger partial charge in [0.25, 0.3) is 0 Å². The highest BCUT2D eigenvalue weighted by Crippen LogP contribution is 2.28. The summed E-state index contributed by atoms with van der Waals surface area (Å²) in [5.41, 5.74) is 14.8. The van der Waals surface area contributed by atoms with E-state index < -0.39 is 0 Å². The average molecular weight is 455 g/mol. The molecule has 5 N–H and O–H groups in total. The van der Waals surface area contributed by atoms with E-state index in [4.69, 9.17) is 28.5 Å². The van der Waals surface area contributed by atoms with Gasteiger partial charge in [-0.2, -0.15) is 0 Å². The Kier molecular flexibility index (Phi) is 6.96. The molecular weight excluding hydrogens is 424 g/mol. The third-order valence-electron chi connectivity index (χ3n) is 6.71. The van der Waals surface area contributed by atoms with Gasteiger partial charge in [-0.25, -0.2) is 4.98 Å². The fourth-order valence-electron chi connectivity index (χ4n) is 4.82. The van der Waals surface area contributed by atoms with Gasteiger partial charge in [-0.15, -0.1) is 0 Å². The highest BCUT2D eigenvalue weighted by molar-refractivity contribution is 6.31. The number of pyridine rings is 1. The molecule has 3 heterocycles. The Morgan fingerprint density at radius 2 is 1.72 bits per heavy atom. The van der Waals surface area contributed by atoms with Crippen LogP contribution in [-0.4, -0.2) is 52.6 Å². The van der Waals surface area contributed by atoms with Gasteiger partial charge in [0, 0.05) is 59.7 Å². The number of nitrogen functional groups attached to an aromatic ring is 2. The second kappa shape index (κ2) is 9.88. The highest BCUT2D eigenvalue weighted by Gasteiger charge is 2.32. The molecule has 2 aliphatic heterocycles. The van der Waals surface area contributed by atoms with Crippen LogP contribution >= 0.6 is 11.6 Å². The minimum absolute atomic E-state index is 0.0911. The molecule has 1 aromatic heterocycles. The van der Waals surface area contributed by atoms with Gasteiger partial charge in [-0.05, 0) is 74.7 Å². The third-order valence-corrected chi connectivity index (χ3v) is 6.94. The van der Waals surface area contributed by atoms with Crippen molar-refractivity contribution in [1.29, 1.82) is 5.41 Å². The molecule has 0 radical (unpaired) electrons. The van der Waals surface area contributed by atoms with Gasteiger partial charge in [0.05, 0.1) is 0 Å². The maximum absolute atomic E-state index is 13.1. The molecular formula is C24H31ClN6O. The summed E-state index contributed by atoms with van der Waals surface area (Å²) < 4.78 is 0. The summed E-state index contributed by atoms with van der Waals surface area (Å²) in [6.45, 7) is 4.06. The highest BCUT2D eigenvalue weighted by atomic mass is 35.5. The molecule has 2 aromatic rings. The molecule has 7 nitrogen and oxygen atoms in total. The summed E-state index contributed by atoms with van der Waals surface area (Å²) in [5, 5.41) is 9.19. The fraction of sp³-hybridized carbons (Fsp3) is 0.458. The average Bonchev–Trinajstić information content (AvgIpc) is 2.80. The number of nitrogens with two attached hydrogens (primary N) is 2. The van der Waals surface area contributed by atoms with Crippen molar-refractivity contribution in [2.75, 3.05) is 37.6 Å². The number of aromatic nitrogens is 1. The lowest BCUT2D eigenvalue weighted by atomic mass is 9.86. The predicted molar refractivity (Wildman–Crippen MR) is 129 cm³/mol. The Bertz CT molecular complexity index is 980. The number of benzene rings is 1. The number of carbonyl (C=O) groups excluding carboxylic acids is 1. The summed E-state index contributed by atoms with van der Waals surface area (Å²) in [7, 11) is 0. The predicted octanol–water partition coefficient (Wildman–Crippen LogP) is 3.42. The number of hydrogen-bond donors (Lipinski definition) is 3. The van der Waals surface area contributed by atoms with Crippen molar-refractivity contribution >= 4 is 34.7 Å². The first kappa shape index (κ1) is 22.6. The molecule has 2 fully saturated rings. The van der Waals surface area contributed by atoms with Gasteiger partial charge in [-0.1, -0.05) is 11.6 Å². The minimum atomic E-state index is 0.0911. The Morgan fingerprint density at radius 3 is 2.41 bits per heavy atom. The second-order valence-electron chi connectivity index (χ2n) is 8.88. The molecule has 170 valence electrons. The van der Waals surface area contributed by atoms with E-state index in [9.17, 15) is 4.79 Å². The Morgan fingerprint density at radius 1 is 1.03 bits per heavy atom. The summed E-state index contributed by atoms with van der Waals surface area (Å²) >= 11 is 6.10. The smallest absolute Gasteiger partial charge is 0.225 e. The fourth-order valence-corrected chi connectivity index (χ4v) is 4.99. The zero-order chi connectivity index (χ0) is 22.7. The van der Waals surface area contributed by atoms with Crippen molar-refractivity contribution in [1.82, 2.24) is 14.8 Å². The van der Waals surface area contributed by atoms with Crippen molar-refractivity contribution in [3.05, 3.63) is 52.7 Å². The monoisotopic (exact) mass is 454 g/mol. The number of likely N-dealkylation sites (tertiary alicyclic amines) is 2. The number of halogens is 1. The lowest BCUT2D eigenvalue weighted by Crippen LogP contribution is -2.46. The molecule has 4 rings (SSSR count). The topological polar surface area (TPSA) is 112 Å². The van der Waals surface area contributed by atoms with E-state index >= 15 is 0 Å². The van der Waals surface area contributed by atoms with Crippen molar-refractivity contribution in [2.45, 2.75) is 32.2 Å². The molecule has 0 bridgehead atoms. The molecule has 0 aliphatic carbocycles. The number of amides is 1. The summed E-state index contributed by atoms with van der Waals surface area (Å²) in [6.07, 6.45) is 5.09. The Balaban J connectivity index is 1.26. The molecule has 8 heteroatoms.